The Balaban J connectivity index is 2.22. The second-order valence-corrected chi connectivity index (χ2v) is 5.58. The summed E-state index contributed by atoms with van der Waals surface area (Å²) in [4.78, 5) is 2.50. The molecule has 0 saturated carbocycles. The molecule has 2 atom stereocenters. The maximum atomic E-state index is 6.32. The van der Waals surface area contributed by atoms with Gasteiger partial charge in [0, 0.05) is 18.6 Å². The van der Waals surface area contributed by atoms with Gasteiger partial charge in [-0.15, -0.1) is 0 Å². The van der Waals surface area contributed by atoms with Crippen LogP contribution in [-0.2, 0) is 0 Å². The fourth-order valence-corrected chi connectivity index (χ4v) is 3.26. The summed E-state index contributed by atoms with van der Waals surface area (Å²) < 4.78 is 0. The molecule has 1 aliphatic rings. The molecule has 100 valence electrons. The molecule has 1 saturated heterocycles. The van der Waals surface area contributed by atoms with E-state index < -0.39 is 0 Å². The molecular weight excluding hydrogens is 267 g/mol. The van der Waals surface area contributed by atoms with Crippen molar-refractivity contribution in [2.24, 2.45) is 0 Å². The van der Waals surface area contributed by atoms with Crippen molar-refractivity contribution in [3.05, 3.63) is 33.8 Å². The minimum Gasteiger partial charge on any atom is -0.315 e. The Kier molecular flexibility index (Phi) is 4.91. The second kappa shape index (κ2) is 6.25. The van der Waals surface area contributed by atoms with Gasteiger partial charge in [-0.25, -0.2) is 0 Å². The van der Waals surface area contributed by atoms with Gasteiger partial charge in [-0.2, -0.15) is 0 Å². The van der Waals surface area contributed by atoms with E-state index in [1.54, 1.807) is 0 Å². The van der Waals surface area contributed by atoms with Crippen LogP contribution in [0.15, 0.2) is 18.2 Å². The monoisotopic (exact) mass is 286 g/mol. The maximum Gasteiger partial charge on any atom is 0.0640 e. The van der Waals surface area contributed by atoms with Gasteiger partial charge in [-0.05, 0) is 38.1 Å². The molecule has 0 aliphatic carbocycles. The van der Waals surface area contributed by atoms with Crippen molar-refractivity contribution >= 4 is 23.2 Å². The van der Waals surface area contributed by atoms with Gasteiger partial charge < -0.3 is 5.32 Å². The number of benzene rings is 1. The smallest absolute Gasteiger partial charge is 0.0640 e. The van der Waals surface area contributed by atoms with E-state index in [1.165, 1.54) is 6.42 Å². The molecule has 1 fully saturated rings. The van der Waals surface area contributed by atoms with Crippen molar-refractivity contribution in [3.63, 3.8) is 0 Å². The van der Waals surface area contributed by atoms with Gasteiger partial charge in [0.15, 0.2) is 0 Å². The van der Waals surface area contributed by atoms with E-state index in [0.717, 1.165) is 25.2 Å². The maximum absolute atomic E-state index is 6.32. The molecule has 1 heterocycles. The normalized spacial score (nSPS) is 21.5. The van der Waals surface area contributed by atoms with E-state index in [-0.39, 0.29) is 0 Å². The van der Waals surface area contributed by atoms with Gasteiger partial charge in [-0.1, -0.05) is 42.3 Å². The van der Waals surface area contributed by atoms with Crippen molar-refractivity contribution < 1.29 is 0 Å². The zero-order valence-corrected chi connectivity index (χ0v) is 12.4. The summed E-state index contributed by atoms with van der Waals surface area (Å²) in [6.07, 6.45) is 1.20. The van der Waals surface area contributed by atoms with Crippen molar-refractivity contribution in [2.75, 3.05) is 19.6 Å². The molecule has 2 unspecified atom stereocenters. The Morgan fingerprint density at radius 3 is 2.83 bits per heavy atom. The van der Waals surface area contributed by atoms with Crippen LogP contribution in [-0.4, -0.2) is 30.6 Å². The van der Waals surface area contributed by atoms with Crippen LogP contribution in [0.1, 0.15) is 31.9 Å². The average Bonchev–Trinajstić information content (AvgIpc) is 2.87. The first-order valence-corrected chi connectivity index (χ1v) is 7.31. The first-order chi connectivity index (χ1) is 8.65. The minimum absolute atomic E-state index is 0.297. The fraction of sp³-hybridized carbons (Fsp3) is 0.571. The molecule has 1 aliphatic heterocycles. The Hall–Kier alpha value is -0.280. The van der Waals surface area contributed by atoms with E-state index in [4.69, 9.17) is 23.2 Å². The molecular formula is C14H20Cl2N2. The summed E-state index contributed by atoms with van der Waals surface area (Å²) >= 11 is 12.4. The predicted molar refractivity (Wildman–Crippen MR) is 78.5 cm³/mol. The summed E-state index contributed by atoms with van der Waals surface area (Å²) in [6.45, 7) is 7.61. The van der Waals surface area contributed by atoms with Crippen molar-refractivity contribution in [3.8, 4) is 0 Å². The Morgan fingerprint density at radius 1 is 1.44 bits per heavy atom. The lowest BCUT2D eigenvalue weighted by atomic mass is 10.0. The van der Waals surface area contributed by atoms with Gasteiger partial charge in [0.05, 0.1) is 10.0 Å². The Labute approximate surface area is 119 Å². The van der Waals surface area contributed by atoms with Crippen LogP contribution in [0.2, 0.25) is 10.0 Å². The molecule has 1 aromatic carbocycles. The van der Waals surface area contributed by atoms with Gasteiger partial charge in [0.25, 0.3) is 0 Å². The molecule has 0 radical (unpaired) electrons. The van der Waals surface area contributed by atoms with Crippen molar-refractivity contribution in [1.82, 2.24) is 10.2 Å². The summed E-state index contributed by atoms with van der Waals surface area (Å²) in [5.74, 6) is 0. The second-order valence-electron chi connectivity index (χ2n) is 4.80. The van der Waals surface area contributed by atoms with Gasteiger partial charge >= 0.3 is 0 Å². The molecule has 1 aromatic rings. The van der Waals surface area contributed by atoms with Crippen LogP contribution in [0.3, 0.4) is 0 Å². The third-order valence-corrected chi connectivity index (χ3v) is 4.63. The zero-order chi connectivity index (χ0) is 13.1. The van der Waals surface area contributed by atoms with Gasteiger partial charge in [-0.3, -0.25) is 4.90 Å². The highest BCUT2D eigenvalue weighted by Crippen LogP contribution is 2.33. The van der Waals surface area contributed by atoms with E-state index in [1.807, 2.05) is 12.1 Å². The minimum atomic E-state index is 0.297. The number of hydrogen-bond donors (Lipinski definition) is 1. The standard InChI is InChI=1S/C14H20Cl2N2/c1-3-18(11-7-8-17-9-11)10(2)12-5-4-6-13(15)14(12)16/h4-6,10-11,17H,3,7-9H2,1-2H3. The molecule has 2 rings (SSSR count). The number of rotatable bonds is 4. The first-order valence-electron chi connectivity index (χ1n) is 6.55. The number of halogens is 2. The molecule has 2 nitrogen and oxygen atoms in total. The molecule has 18 heavy (non-hydrogen) atoms. The molecule has 1 N–H and O–H groups in total. The molecule has 0 aromatic heterocycles. The predicted octanol–water partition coefficient (Wildman–Crippen LogP) is 3.74. The van der Waals surface area contributed by atoms with Gasteiger partial charge in [0.2, 0.25) is 0 Å². The van der Waals surface area contributed by atoms with E-state index in [9.17, 15) is 0 Å². The Morgan fingerprint density at radius 2 is 2.22 bits per heavy atom. The topological polar surface area (TPSA) is 15.3 Å². The third-order valence-electron chi connectivity index (χ3n) is 3.80. The van der Waals surface area contributed by atoms with Crippen molar-refractivity contribution in [2.45, 2.75) is 32.4 Å². The highest BCUT2D eigenvalue weighted by Gasteiger charge is 2.27. The van der Waals surface area contributed by atoms with E-state index in [0.29, 0.717) is 22.1 Å². The molecule has 4 heteroatoms. The molecule has 0 amide bonds. The lowest BCUT2D eigenvalue weighted by molar-refractivity contribution is 0.163. The number of nitrogens with one attached hydrogen (secondary N) is 1. The summed E-state index contributed by atoms with van der Waals surface area (Å²) in [5, 5.41) is 4.75. The van der Waals surface area contributed by atoms with Crippen LogP contribution < -0.4 is 5.32 Å². The average molecular weight is 287 g/mol. The quantitative estimate of drug-likeness (QED) is 0.907. The first kappa shape index (κ1) is 14.1. The number of likely N-dealkylation sites (N-methyl/N-ethyl adjacent to an activating group) is 1. The van der Waals surface area contributed by atoms with Crippen LogP contribution in [0.25, 0.3) is 0 Å². The zero-order valence-electron chi connectivity index (χ0n) is 10.9. The van der Waals surface area contributed by atoms with E-state index in [2.05, 4.69) is 30.1 Å². The van der Waals surface area contributed by atoms with Gasteiger partial charge in [0.1, 0.15) is 0 Å². The summed E-state index contributed by atoms with van der Waals surface area (Å²) in [5.41, 5.74) is 1.12. The summed E-state index contributed by atoms with van der Waals surface area (Å²) in [7, 11) is 0. The lowest BCUT2D eigenvalue weighted by Crippen LogP contribution is -2.38. The van der Waals surface area contributed by atoms with Crippen molar-refractivity contribution in [1.29, 1.82) is 0 Å². The molecule has 0 spiro atoms. The lowest BCUT2D eigenvalue weighted by Gasteiger charge is -2.33. The summed E-state index contributed by atoms with van der Waals surface area (Å²) in [6, 6.07) is 6.78. The fourth-order valence-electron chi connectivity index (χ4n) is 2.79. The highest BCUT2D eigenvalue weighted by molar-refractivity contribution is 6.42. The Bertz CT molecular complexity index is 403. The number of nitrogens with zero attached hydrogens (tertiary/aromatic N) is 1. The van der Waals surface area contributed by atoms with Crippen LogP contribution >= 0.6 is 23.2 Å². The van der Waals surface area contributed by atoms with Crippen LogP contribution in [0.4, 0.5) is 0 Å². The molecule has 0 bridgehead atoms. The SMILES string of the molecule is CCN(C1CCNC1)C(C)c1cccc(Cl)c1Cl. The number of hydrogen-bond acceptors (Lipinski definition) is 2. The highest BCUT2D eigenvalue weighted by atomic mass is 35.5. The largest absolute Gasteiger partial charge is 0.315 e. The van der Waals surface area contributed by atoms with Crippen LogP contribution in [0.5, 0.6) is 0 Å². The van der Waals surface area contributed by atoms with Crippen LogP contribution in [0, 0.1) is 0 Å². The third kappa shape index (κ3) is 2.83. The van der Waals surface area contributed by atoms with E-state index >= 15 is 0 Å².